The molecule has 1 aliphatic rings. The predicted molar refractivity (Wildman–Crippen MR) is 102 cm³/mol. The molecule has 27 heavy (non-hydrogen) atoms. The monoisotopic (exact) mass is 386 g/mol. The number of nitrogens with zero attached hydrogens (tertiary/aromatic N) is 4. The number of nitrogens with two attached hydrogens (primary N) is 1. The van der Waals surface area contributed by atoms with Crippen LogP contribution < -0.4 is 11.1 Å². The Hall–Kier alpha value is -2.65. The molecule has 140 valence electrons. The van der Waals surface area contributed by atoms with Gasteiger partial charge in [0.1, 0.15) is 5.82 Å². The van der Waals surface area contributed by atoms with Crippen LogP contribution in [-0.4, -0.2) is 44.9 Å². The van der Waals surface area contributed by atoms with Crippen LogP contribution in [0.25, 0.3) is 10.2 Å². The molecular formula is C18H19FN6OS. The summed E-state index contributed by atoms with van der Waals surface area (Å²) in [6.07, 6.45) is 3.53. The van der Waals surface area contributed by atoms with Crippen molar-refractivity contribution in [3.05, 3.63) is 47.0 Å². The van der Waals surface area contributed by atoms with Crippen molar-refractivity contribution in [3.8, 4) is 0 Å². The Morgan fingerprint density at radius 3 is 3.04 bits per heavy atom. The zero-order valence-corrected chi connectivity index (χ0v) is 15.5. The van der Waals surface area contributed by atoms with Gasteiger partial charge in [-0.1, -0.05) is 0 Å². The number of halogens is 1. The first-order chi connectivity index (χ1) is 13.0. The fourth-order valence-electron chi connectivity index (χ4n) is 3.14. The van der Waals surface area contributed by atoms with Crippen molar-refractivity contribution in [3.63, 3.8) is 0 Å². The molecule has 1 fully saturated rings. The third-order valence-electron chi connectivity index (χ3n) is 4.59. The molecule has 1 aliphatic heterocycles. The molecule has 0 spiro atoms. The Labute approximate surface area is 159 Å². The lowest BCUT2D eigenvalue weighted by molar-refractivity contribution is 0.0787. The topological polar surface area (TPSA) is 97.0 Å². The van der Waals surface area contributed by atoms with E-state index in [-0.39, 0.29) is 18.0 Å². The van der Waals surface area contributed by atoms with Gasteiger partial charge < -0.3 is 16.0 Å². The number of nitrogens with one attached hydrogen (secondary N) is 1. The van der Waals surface area contributed by atoms with Crippen molar-refractivity contribution >= 4 is 33.4 Å². The van der Waals surface area contributed by atoms with Crippen LogP contribution in [-0.2, 0) is 0 Å². The average Bonchev–Trinajstić information content (AvgIpc) is 3.29. The molecule has 1 amide bonds. The van der Waals surface area contributed by atoms with Crippen molar-refractivity contribution < 1.29 is 9.18 Å². The van der Waals surface area contributed by atoms with Crippen LogP contribution in [0.3, 0.4) is 0 Å². The summed E-state index contributed by atoms with van der Waals surface area (Å²) in [6.45, 7) is 3.02. The molecule has 0 aliphatic carbocycles. The number of amides is 1. The quantitative estimate of drug-likeness (QED) is 0.715. The number of carbonyl (C=O) groups excluding carboxylic acids is 1. The largest absolute Gasteiger partial charge is 0.348 e. The second-order valence-corrected chi connectivity index (χ2v) is 7.55. The fourth-order valence-corrected chi connectivity index (χ4v) is 3.95. The standard InChI is InChI=1S/C18H19FN6OS/c1-10(11-6-12(19)8-21-7-11)22-18-23-14-3-5-27-16(14)15(24-18)17(26)25-4-2-13(20)9-25/h3,5-8,10,13H,2,4,9,20H2,1H3,(H,22,23,24)/t10-,13-/m0/s1. The molecule has 3 aromatic heterocycles. The SMILES string of the molecule is C[C@H](Nc1nc(C(=O)N2CC[C@H](N)C2)c2sccc2n1)c1cncc(F)c1. The lowest BCUT2D eigenvalue weighted by atomic mass is 10.1. The number of carbonyl (C=O) groups is 1. The van der Waals surface area contributed by atoms with E-state index in [9.17, 15) is 9.18 Å². The Morgan fingerprint density at radius 1 is 1.44 bits per heavy atom. The predicted octanol–water partition coefficient (Wildman–Crippen LogP) is 2.57. The van der Waals surface area contributed by atoms with E-state index in [1.54, 1.807) is 11.1 Å². The van der Waals surface area contributed by atoms with Crippen LogP contribution in [0.15, 0.2) is 29.9 Å². The normalized spacial score (nSPS) is 18.0. The van der Waals surface area contributed by atoms with Gasteiger partial charge in [-0.25, -0.2) is 14.4 Å². The molecule has 1 saturated heterocycles. The van der Waals surface area contributed by atoms with Gasteiger partial charge in [0, 0.05) is 25.3 Å². The van der Waals surface area contributed by atoms with E-state index in [4.69, 9.17) is 5.73 Å². The smallest absolute Gasteiger partial charge is 0.274 e. The van der Waals surface area contributed by atoms with Gasteiger partial charge in [-0.3, -0.25) is 9.78 Å². The number of pyridine rings is 1. The van der Waals surface area contributed by atoms with E-state index in [1.807, 2.05) is 18.4 Å². The third kappa shape index (κ3) is 3.60. The molecule has 3 aromatic rings. The number of hydrogen-bond donors (Lipinski definition) is 2. The highest BCUT2D eigenvalue weighted by Gasteiger charge is 2.28. The van der Waals surface area contributed by atoms with E-state index in [0.29, 0.717) is 35.8 Å². The summed E-state index contributed by atoms with van der Waals surface area (Å²) < 4.78 is 14.2. The minimum absolute atomic E-state index is 0.00714. The first-order valence-corrected chi connectivity index (χ1v) is 9.56. The van der Waals surface area contributed by atoms with Gasteiger partial charge in [0.05, 0.1) is 22.5 Å². The Morgan fingerprint density at radius 2 is 2.30 bits per heavy atom. The number of aromatic nitrogens is 3. The maximum atomic E-state index is 13.4. The molecule has 0 radical (unpaired) electrons. The van der Waals surface area contributed by atoms with E-state index in [2.05, 4.69) is 20.3 Å². The first kappa shape index (κ1) is 17.7. The minimum Gasteiger partial charge on any atom is -0.348 e. The zero-order valence-electron chi connectivity index (χ0n) is 14.7. The lowest BCUT2D eigenvalue weighted by Gasteiger charge is -2.18. The van der Waals surface area contributed by atoms with Gasteiger partial charge in [-0.05, 0) is 36.4 Å². The first-order valence-electron chi connectivity index (χ1n) is 8.68. The maximum absolute atomic E-state index is 13.4. The number of fused-ring (bicyclic) bond motifs is 1. The van der Waals surface area contributed by atoms with Crippen molar-refractivity contribution in [2.45, 2.75) is 25.4 Å². The fraction of sp³-hybridized carbons (Fsp3) is 0.333. The average molecular weight is 386 g/mol. The Kier molecular flexibility index (Phi) is 4.71. The van der Waals surface area contributed by atoms with Gasteiger partial charge in [-0.2, -0.15) is 0 Å². The van der Waals surface area contributed by atoms with E-state index in [1.165, 1.54) is 17.4 Å². The van der Waals surface area contributed by atoms with Crippen molar-refractivity contribution in [2.24, 2.45) is 5.73 Å². The van der Waals surface area contributed by atoms with Crippen LogP contribution >= 0.6 is 11.3 Å². The molecule has 0 saturated carbocycles. The van der Waals surface area contributed by atoms with Gasteiger partial charge in [-0.15, -0.1) is 11.3 Å². The number of hydrogen-bond acceptors (Lipinski definition) is 7. The zero-order chi connectivity index (χ0) is 19.0. The Balaban J connectivity index is 1.65. The van der Waals surface area contributed by atoms with Gasteiger partial charge in [0.2, 0.25) is 5.95 Å². The highest BCUT2D eigenvalue weighted by Crippen LogP contribution is 2.27. The van der Waals surface area contributed by atoms with Crippen molar-refractivity contribution in [1.82, 2.24) is 19.9 Å². The van der Waals surface area contributed by atoms with Crippen LogP contribution in [0, 0.1) is 5.82 Å². The van der Waals surface area contributed by atoms with E-state index < -0.39 is 5.82 Å². The molecule has 4 heterocycles. The molecule has 0 bridgehead atoms. The number of thiophene rings is 1. The van der Waals surface area contributed by atoms with Crippen LogP contribution in [0.2, 0.25) is 0 Å². The number of anilines is 1. The molecule has 0 aromatic carbocycles. The molecular weight excluding hydrogens is 367 g/mol. The lowest BCUT2D eigenvalue weighted by Crippen LogP contribution is -2.32. The van der Waals surface area contributed by atoms with E-state index >= 15 is 0 Å². The van der Waals surface area contributed by atoms with Gasteiger partial charge in [0.15, 0.2) is 5.69 Å². The molecule has 4 rings (SSSR count). The van der Waals surface area contributed by atoms with E-state index in [0.717, 1.165) is 17.3 Å². The molecule has 9 heteroatoms. The molecule has 3 N–H and O–H groups in total. The minimum atomic E-state index is -0.406. The highest BCUT2D eigenvalue weighted by molar-refractivity contribution is 7.17. The van der Waals surface area contributed by atoms with Crippen LogP contribution in [0.4, 0.5) is 10.3 Å². The second kappa shape index (κ2) is 7.16. The maximum Gasteiger partial charge on any atom is 0.274 e. The van der Waals surface area contributed by atoms with Crippen molar-refractivity contribution in [1.29, 1.82) is 0 Å². The summed E-state index contributed by atoms with van der Waals surface area (Å²) in [4.78, 5) is 27.5. The summed E-state index contributed by atoms with van der Waals surface area (Å²) >= 11 is 1.44. The summed E-state index contributed by atoms with van der Waals surface area (Å²) in [6, 6.07) is 3.00. The summed E-state index contributed by atoms with van der Waals surface area (Å²) in [7, 11) is 0. The number of likely N-dealkylation sites (tertiary alicyclic amines) is 1. The Bertz CT molecular complexity index is 993. The summed E-state index contributed by atoms with van der Waals surface area (Å²) in [5, 5.41) is 5.03. The van der Waals surface area contributed by atoms with Crippen LogP contribution in [0.5, 0.6) is 0 Å². The van der Waals surface area contributed by atoms with Crippen molar-refractivity contribution in [2.75, 3.05) is 18.4 Å². The van der Waals surface area contributed by atoms with Gasteiger partial charge in [0.25, 0.3) is 5.91 Å². The molecule has 2 atom stereocenters. The molecule has 7 nitrogen and oxygen atoms in total. The molecule has 0 unspecified atom stereocenters. The number of rotatable bonds is 4. The summed E-state index contributed by atoms with van der Waals surface area (Å²) in [5.74, 6) is -0.220. The highest BCUT2D eigenvalue weighted by atomic mass is 32.1. The second-order valence-electron chi connectivity index (χ2n) is 6.63. The summed E-state index contributed by atoms with van der Waals surface area (Å²) in [5.41, 5.74) is 7.68. The van der Waals surface area contributed by atoms with Gasteiger partial charge >= 0.3 is 0 Å². The third-order valence-corrected chi connectivity index (χ3v) is 5.50. The van der Waals surface area contributed by atoms with Crippen LogP contribution in [0.1, 0.15) is 35.4 Å².